The number of esters is 1. The van der Waals surface area contributed by atoms with Crippen LogP contribution in [0.1, 0.15) is 57.2 Å². The Hall–Kier alpha value is -2.56. The average Bonchev–Trinajstić information content (AvgIpc) is 2.70. The van der Waals surface area contributed by atoms with Crippen LogP contribution in [0, 0.1) is 6.92 Å². The molecular weight excluding hydrogens is 490 g/mol. The fourth-order valence-electron chi connectivity index (χ4n) is 3.94. The molecule has 8 nitrogen and oxygen atoms in total. The molecule has 0 radical (unpaired) electrons. The smallest absolute Gasteiger partial charge is 0.380 e. The second kappa shape index (κ2) is 9.83. The lowest BCUT2D eigenvalue weighted by Gasteiger charge is -2.36. The van der Waals surface area contributed by atoms with Gasteiger partial charge in [-0.15, -0.1) is 11.8 Å². The number of nitrogens with two attached hydrogens (primary N) is 1. The number of hydrogen-bond donors (Lipinski definition) is 2. The third kappa shape index (κ3) is 6.99. The van der Waals surface area contributed by atoms with Gasteiger partial charge in [-0.3, -0.25) is 9.59 Å². The minimum absolute atomic E-state index is 0.0882. The van der Waals surface area contributed by atoms with Crippen LogP contribution in [0.25, 0.3) is 0 Å². The molecule has 0 spiro atoms. The Balaban J connectivity index is 1.80. The lowest BCUT2D eigenvalue weighted by atomic mass is 9.86. The maximum absolute atomic E-state index is 13.1. The Kier molecular flexibility index (Phi) is 7.59. The summed E-state index contributed by atoms with van der Waals surface area (Å²) >= 11 is 1.10. The number of phenols is 1. The van der Waals surface area contributed by atoms with Gasteiger partial charge >= 0.3 is 16.3 Å². The van der Waals surface area contributed by atoms with Gasteiger partial charge in [0.1, 0.15) is 17.1 Å². The second-order valence-electron chi connectivity index (χ2n) is 10.1. The molecule has 10 heteroatoms. The first-order valence-electron chi connectivity index (χ1n) is 11.1. The Bertz CT molecular complexity index is 1210. The van der Waals surface area contributed by atoms with Gasteiger partial charge in [0.2, 0.25) is 0 Å². The van der Waals surface area contributed by atoms with Gasteiger partial charge in [0, 0.05) is 11.3 Å². The largest absolute Gasteiger partial charge is 0.508 e. The number of cyclic esters (lactones) is 1. The molecule has 3 rings (SSSR count). The van der Waals surface area contributed by atoms with E-state index in [0.29, 0.717) is 28.9 Å². The number of carbonyl (C=O) groups excluding carboxylic acids is 2. The van der Waals surface area contributed by atoms with Crippen molar-refractivity contribution in [3.05, 3.63) is 53.1 Å². The SMILES string of the molecule is Cc1cc(SC2C(=O)CC(C)(CCc3ccc(O)cc3)OC2=O)c(C(C)(C)C)cc1OS(N)(=O)=O. The van der Waals surface area contributed by atoms with Crippen molar-refractivity contribution in [1.29, 1.82) is 0 Å². The van der Waals surface area contributed by atoms with Gasteiger partial charge in [0.15, 0.2) is 11.0 Å². The van der Waals surface area contributed by atoms with E-state index in [1.165, 1.54) is 0 Å². The molecule has 0 aliphatic carbocycles. The molecule has 2 aromatic carbocycles. The van der Waals surface area contributed by atoms with E-state index < -0.39 is 32.5 Å². The highest BCUT2D eigenvalue weighted by Gasteiger charge is 2.44. The quantitative estimate of drug-likeness (QED) is 0.413. The summed E-state index contributed by atoms with van der Waals surface area (Å²) in [6.07, 6.45) is 1.15. The molecular formula is C25H31NO7S2. The first kappa shape index (κ1) is 27.0. The Labute approximate surface area is 210 Å². The highest BCUT2D eigenvalue weighted by molar-refractivity contribution is 8.01. The summed E-state index contributed by atoms with van der Waals surface area (Å²) in [4.78, 5) is 26.7. The molecule has 3 N–H and O–H groups in total. The van der Waals surface area contributed by atoms with Crippen molar-refractivity contribution in [3.63, 3.8) is 0 Å². The molecule has 0 saturated carbocycles. The topological polar surface area (TPSA) is 133 Å². The molecule has 0 aromatic heterocycles. The summed E-state index contributed by atoms with van der Waals surface area (Å²) in [6.45, 7) is 9.23. The molecule has 1 aliphatic heterocycles. The van der Waals surface area contributed by atoms with Crippen molar-refractivity contribution in [2.75, 3.05) is 0 Å². The highest BCUT2D eigenvalue weighted by atomic mass is 32.2. The van der Waals surface area contributed by atoms with Crippen LogP contribution in [0.3, 0.4) is 0 Å². The second-order valence-corrected chi connectivity index (χ2v) is 12.4. The number of thioether (sulfide) groups is 1. The molecule has 35 heavy (non-hydrogen) atoms. The van der Waals surface area contributed by atoms with Crippen LogP contribution >= 0.6 is 11.8 Å². The molecule has 2 atom stereocenters. The van der Waals surface area contributed by atoms with Crippen LogP contribution < -0.4 is 9.32 Å². The Morgan fingerprint density at radius 1 is 1.20 bits per heavy atom. The van der Waals surface area contributed by atoms with Crippen LogP contribution in [-0.2, 0) is 36.5 Å². The number of benzene rings is 2. The maximum atomic E-state index is 13.1. The van der Waals surface area contributed by atoms with Crippen molar-refractivity contribution in [1.82, 2.24) is 0 Å². The zero-order chi connectivity index (χ0) is 26.2. The molecule has 190 valence electrons. The monoisotopic (exact) mass is 521 g/mol. The van der Waals surface area contributed by atoms with Gasteiger partial charge in [0.25, 0.3) is 0 Å². The summed E-state index contributed by atoms with van der Waals surface area (Å²) in [5.41, 5.74) is 0.834. The van der Waals surface area contributed by atoms with E-state index in [-0.39, 0.29) is 23.7 Å². The normalized spacial score (nSPS) is 21.0. The fraction of sp³-hybridized carbons (Fsp3) is 0.440. The van der Waals surface area contributed by atoms with Crippen LogP contribution in [0.4, 0.5) is 0 Å². The van der Waals surface area contributed by atoms with Crippen LogP contribution in [0.2, 0.25) is 0 Å². The fourth-order valence-corrected chi connectivity index (χ4v) is 5.72. The number of aryl methyl sites for hydroxylation is 2. The first-order chi connectivity index (χ1) is 16.1. The predicted molar refractivity (Wildman–Crippen MR) is 134 cm³/mol. The number of carbonyl (C=O) groups is 2. The summed E-state index contributed by atoms with van der Waals surface area (Å²) in [6, 6.07) is 10.1. The van der Waals surface area contributed by atoms with E-state index in [4.69, 9.17) is 14.1 Å². The highest BCUT2D eigenvalue weighted by Crippen LogP contribution is 2.42. The minimum Gasteiger partial charge on any atom is -0.508 e. The molecule has 2 aromatic rings. The van der Waals surface area contributed by atoms with Crippen molar-refractivity contribution < 1.29 is 32.0 Å². The standard InChI is InChI=1S/C25H31NO7S2/c1-15-12-21(18(24(2,3)4)13-20(15)33-35(26,30)31)34-22-19(28)14-25(5,32-23(22)29)11-10-16-6-8-17(27)9-7-16/h6-9,12-13,22,27H,10-11,14H2,1-5H3,(H2,26,30,31). The van der Waals surface area contributed by atoms with Crippen molar-refractivity contribution in [2.24, 2.45) is 5.14 Å². The molecule has 1 saturated heterocycles. The number of hydrogen-bond acceptors (Lipinski definition) is 8. The molecule has 1 heterocycles. The summed E-state index contributed by atoms with van der Waals surface area (Å²) in [5.74, 6) is -0.544. The molecule has 1 aliphatic rings. The van der Waals surface area contributed by atoms with Crippen LogP contribution in [-0.4, -0.2) is 36.1 Å². The Morgan fingerprint density at radius 2 is 1.83 bits per heavy atom. The number of Topliss-reactive ketones (excluding diaryl/α,β-unsaturated/α-hetero) is 1. The molecule has 0 amide bonds. The summed E-state index contributed by atoms with van der Waals surface area (Å²) in [5, 5.41) is 13.5. The number of phenolic OH excluding ortho intramolecular Hbond substituents is 1. The van der Waals surface area contributed by atoms with E-state index in [1.54, 1.807) is 50.2 Å². The number of rotatable bonds is 7. The maximum Gasteiger partial charge on any atom is 0.380 e. The van der Waals surface area contributed by atoms with Gasteiger partial charge in [-0.1, -0.05) is 32.9 Å². The van der Waals surface area contributed by atoms with E-state index in [9.17, 15) is 23.1 Å². The zero-order valence-electron chi connectivity index (χ0n) is 20.5. The van der Waals surface area contributed by atoms with E-state index in [2.05, 4.69) is 0 Å². The lowest BCUT2D eigenvalue weighted by molar-refractivity contribution is -0.167. The molecule has 0 bridgehead atoms. The summed E-state index contributed by atoms with van der Waals surface area (Å²) < 4.78 is 33.6. The van der Waals surface area contributed by atoms with Crippen molar-refractivity contribution in [2.45, 2.75) is 75.0 Å². The third-order valence-corrected chi connectivity index (χ3v) is 7.51. The van der Waals surface area contributed by atoms with Crippen molar-refractivity contribution in [3.8, 4) is 11.5 Å². The number of ketones is 1. The van der Waals surface area contributed by atoms with Gasteiger partial charge < -0.3 is 14.0 Å². The van der Waals surface area contributed by atoms with Crippen molar-refractivity contribution >= 4 is 33.8 Å². The minimum atomic E-state index is -4.21. The first-order valence-corrected chi connectivity index (χ1v) is 13.5. The predicted octanol–water partition coefficient (Wildman–Crippen LogP) is 3.95. The van der Waals surface area contributed by atoms with Gasteiger partial charge in [-0.2, -0.15) is 13.6 Å². The lowest BCUT2D eigenvalue weighted by Crippen LogP contribution is -2.47. The molecule has 1 fully saturated rings. The summed E-state index contributed by atoms with van der Waals surface area (Å²) in [7, 11) is -4.21. The average molecular weight is 522 g/mol. The zero-order valence-corrected chi connectivity index (χ0v) is 22.1. The van der Waals surface area contributed by atoms with Gasteiger partial charge in [0.05, 0.1) is 0 Å². The van der Waals surface area contributed by atoms with Gasteiger partial charge in [-0.25, -0.2) is 0 Å². The van der Waals surface area contributed by atoms with Gasteiger partial charge in [-0.05, 0) is 73.1 Å². The Morgan fingerprint density at radius 3 is 2.37 bits per heavy atom. The third-order valence-electron chi connectivity index (χ3n) is 5.82. The number of aromatic hydroxyl groups is 1. The van der Waals surface area contributed by atoms with E-state index in [0.717, 1.165) is 17.3 Å². The van der Waals surface area contributed by atoms with E-state index >= 15 is 0 Å². The van der Waals surface area contributed by atoms with Crippen LogP contribution in [0.5, 0.6) is 11.5 Å². The van der Waals surface area contributed by atoms with E-state index in [1.807, 2.05) is 20.8 Å². The molecule has 2 unspecified atom stereocenters. The number of ether oxygens (including phenoxy) is 1. The van der Waals surface area contributed by atoms with Crippen LogP contribution in [0.15, 0.2) is 41.3 Å².